The summed E-state index contributed by atoms with van der Waals surface area (Å²) in [6.45, 7) is 4.19. The van der Waals surface area contributed by atoms with Crippen molar-refractivity contribution < 1.29 is 9.50 Å². The van der Waals surface area contributed by atoms with Crippen molar-refractivity contribution in [2.75, 3.05) is 13.2 Å². The van der Waals surface area contributed by atoms with Crippen LogP contribution in [0.4, 0.5) is 4.39 Å². The highest BCUT2D eigenvalue weighted by Gasteiger charge is 2.25. The van der Waals surface area contributed by atoms with Crippen molar-refractivity contribution in [1.29, 1.82) is 0 Å². The van der Waals surface area contributed by atoms with Crippen LogP contribution >= 0.6 is 15.9 Å². The molecule has 2 nitrogen and oxygen atoms in total. The molecule has 1 N–H and O–H groups in total. The summed E-state index contributed by atoms with van der Waals surface area (Å²) in [6, 6.07) is 5.35. The van der Waals surface area contributed by atoms with Gasteiger partial charge in [-0.25, -0.2) is 4.39 Å². The Labute approximate surface area is 116 Å². The zero-order chi connectivity index (χ0) is 13.1. The van der Waals surface area contributed by atoms with Crippen LogP contribution in [0.25, 0.3) is 0 Å². The number of halogens is 2. The predicted molar refractivity (Wildman–Crippen MR) is 73.8 cm³/mol. The second-order valence-electron chi connectivity index (χ2n) is 5.14. The van der Waals surface area contributed by atoms with Crippen LogP contribution in [0.3, 0.4) is 0 Å². The van der Waals surface area contributed by atoms with E-state index in [1.54, 1.807) is 0 Å². The summed E-state index contributed by atoms with van der Waals surface area (Å²) in [4.78, 5) is 2.36. The number of likely N-dealkylation sites (tertiary alicyclic amines) is 1. The summed E-state index contributed by atoms with van der Waals surface area (Å²) >= 11 is 3.41. The van der Waals surface area contributed by atoms with Crippen LogP contribution in [0.1, 0.15) is 25.3 Å². The molecule has 1 aliphatic rings. The van der Waals surface area contributed by atoms with Gasteiger partial charge >= 0.3 is 0 Å². The molecule has 2 unspecified atom stereocenters. The molecule has 1 heterocycles. The molecule has 1 aliphatic heterocycles. The number of piperidine rings is 1. The number of rotatable bonds is 3. The first kappa shape index (κ1) is 14.0. The predicted octanol–water partition coefficient (Wildman–Crippen LogP) is 3.18. The summed E-state index contributed by atoms with van der Waals surface area (Å²) in [5.74, 6) is 0.158. The van der Waals surface area contributed by atoms with Gasteiger partial charge in [0.2, 0.25) is 0 Å². The van der Waals surface area contributed by atoms with E-state index >= 15 is 0 Å². The third-order valence-corrected chi connectivity index (χ3v) is 4.49. The van der Waals surface area contributed by atoms with E-state index in [1.165, 1.54) is 12.1 Å². The van der Waals surface area contributed by atoms with Crippen LogP contribution in [0, 0.1) is 11.7 Å². The van der Waals surface area contributed by atoms with E-state index in [0.717, 1.165) is 36.0 Å². The molecule has 0 saturated carbocycles. The largest absolute Gasteiger partial charge is 0.396 e. The monoisotopic (exact) mass is 315 g/mol. The number of aliphatic hydroxyl groups excluding tert-OH is 1. The van der Waals surface area contributed by atoms with Crippen molar-refractivity contribution in [1.82, 2.24) is 4.90 Å². The lowest BCUT2D eigenvalue weighted by Gasteiger charge is -2.37. The number of nitrogens with zero attached hydrogens (tertiary/aromatic N) is 1. The van der Waals surface area contributed by atoms with E-state index in [-0.39, 0.29) is 12.4 Å². The molecule has 0 spiro atoms. The molecule has 1 aromatic rings. The highest BCUT2D eigenvalue weighted by molar-refractivity contribution is 9.10. The fraction of sp³-hybridized carbons (Fsp3) is 0.571. The molecule has 1 saturated heterocycles. The van der Waals surface area contributed by atoms with E-state index < -0.39 is 0 Å². The molecule has 2 rings (SSSR count). The highest BCUT2D eigenvalue weighted by Crippen LogP contribution is 2.26. The van der Waals surface area contributed by atoms with E-state index in [0.29, 0.717) is 12.0 Å². The number of hydrogen-bond acceptors (Lipinski definition) is 2. The van der Waals surface area contributed by atoms with Crippen LogP contribution in [0.5, 0.6) is 0 Å². The Kier molecular flexibility index (Phi) is 4.76. The van der Waals surface area contributed by atoms with E-state index in [9.17, 15) is 9.50 Å². The van der Waals surface area contributed by atoms with Gasteiger partial charge in [-0.2, -0.15) is 0 Å². The van der Waals surface area contributed by atoms with Crippen molar-refractivity contribution in [2.45, 2.75) is 32.4 Å². The van der Waals surface area contributed by atoms with Crippen LogP contribution in [0.15, 0.2) is 22.7 Å². The first-order chi connectivity index (χ1) is 8.60. The smallest absolute Gasteiger partial charge is 0.124 e. The lowest BCUT2D eigenvalue weighted by atomic mass is 9.93. The normalized spacial score (nSPS) is 25.3. The van der Waals surface area contributed by atoms with Gasteiger partial charge in [0.15, 0.2) is 0 Å². The van der Waals surface area contributed by atoms with Gasteiger partial charge in [0, 0.05) is 30.2 Å². The van der Waals surface area contributed by atoms with E-state index in [2.05, 4.69) is 27.8 Å². The fourth-order valence-corrected chi connectivity index (χ4v) is 2.98. The molecular weight excluding hydrogens is 297 g/mol. The van der Waals surface area contributed by atoms with E-state index in [1.807, 2.05) is 6.07 Å². The molecule has 0 amide bonds. The second kappa shape index (κ2) is 6.13. The Morgan fingerprint density at radius 2 is 2.22 bits per heavy atom. The maximum Gasteiger partial charge on any atom is 0.124 e. The molecule has 18 heavy (non-hydrogen) atoms. The van der Waals surface area contributed by atoms with Crippen molar-refractivity contribution in [2.24, 2.45) is 5.92 Å². The number of benzene rings is 1. The topological polar surface area (TPSA) is 23.5 Å². The van der Waals surface area contributed by atoms with Gasteiger partial charge in [-0.1, -0.05) is 22.0 Å². The standard InChI is InChI=1S/C14H19BrFNO/c1-10-2-3-11(9-18)7-17(10)8-12-4-5-13(16)6-14(12)15/h4-6,10-11,18H,2-3,7-9H2,1H3. The quantitative estimate of drug-likeness (QED) is 0.926. The van der Waals surface area contributed by atoms with Gasteiger partial charge in [-0.3, -0.25) is 4.90 Å². The second-order valence-corrected chi connectivity index (χ2v) is 5.99. The van der Waals surface area contributed by atoms with Gasteiger partial charge in [-0.05, 0) is 43.4 Å². The lowest BCUT2D eigenvalue weighted by Crippen LogP contribution is -2.42. The Bertz CT molecular complexity index is 413. The Hall–Kier alpha value is -0.450. The van der Waals surface area contributed by atoms with Gasteiger partial charge < -0.3 is 5.11 Å². The van der Waals surface area contributed by atoms with Gasteiger partial charge in [0.25, 0.3) is 0 Å². The summed E-state index contributed by atoms with van der Waals surface area (Å²) in [6.07, 6.45) is 2.21. The average molecular weight is 316 g/mol. The minimum atomic E-state index is -0.217. The third-order valence-electron chi connectivity index (χ3n) is 3.76. The highest BCUT2D eigenvalue weighted by atomic mass is 79.9. The molecular formula is C14H19BrFNO. The first-order valence-corrected chi connectivity index (χ1v) is 7.18. The molecule has 0 aliphatic carbocycles. The van der Waals surface area contributed by atoms with Crippen molar-refractivity contribution in [3.05, 3.63) is 34.1 Å². The molecule has 0 aromatic heterocycles. The van der Waals surface area contributed by atoms with Crippen LogP contribution in [-0.2, 0) is 6.54 Å². The zero-order valence-electron chi connectivity index (χ0n) is 10.6. The van der Waals surface area contributed by atoms with Crippen molar-refractivity contribution in [3.63, 3.8) is 0 Å². The van der Waals surface area contributed by atoms with E-state index in [4.69, 9.17) is 0 Å². The van der Waals surface area contributed by atoms with Crippen molar-refractivity contribution in [3.8, 4) is 0 Å². The molecule has 1 aromatic carbocycles. The van der Waals surface area contributed by atoms with Gasteiger partial charge in [0.1, 0.15) is 5.82 Å². The SMILES string of the molecule is CC1CCC(CO)CN1Cc1ccc(F)cc1Br. The maximum absolute atomic E-state index is 13.0. The zero-order valence-corrected chi connectivity index (χ0v) is 12.2. The summed E-state index contributed by atoms with van der Waals surface area (Å²) in [7, 11) is 0. The minimum absolute atomic E-state index is 0.217. The average Bonchev–Trinajstić information content (AvgIpc) is 2.35. The first-order valence-electron chi connectivity index (χ1n) is 6.39. The van der Waals surface area contributed by atoms with Crippen LogP contribution < -0.4 is 0 Å². The van der Waals surface area contributed by atoms with Crippen molar-refractivity contribution >= 4 is 15.9 Å². The summed E-state index contributed by atoms with van der Waals surface area (Å²) in [5, 5.41) is 9.27. The summed E-state index contributed by atoms with van der Waals surface area (Å²) < 4.78 is 13.9. The van der Waals surface area contributed by atoms with Gasteiger partial charge in [0.05, 0.1) is 0 Å². The lowest BCUT2D eigenvalue weighted by molar-refractivity contribution is 0.0770. The number of aliphatic hydroxyl groups is 1. The number of hydrogen-bond donors (Lipinski definition) is 1. The Balaban J connectivity index is 2.07. The molecule has 1 fully saturated rings. The Morgan fingerprint density at radius 1 is 1.44 bits per heavy atom. The third kappa shape index (κ3) is 3.31. The molecule has 0 bridgehead atoms. The van der Waals surface area contributed by atoms with Crippen LogP contribution in [-0.4, -0.2) is 29.2 Å². The molecule has 0 radical (unpaired) electrons. The molecule has 4 heteroatoms. The summed E-state index contributed by atoms with van der Waals surface area (Å²) in [5.41, 5.74) is 1.10. The molecule has 100 valence electrons. The fourth-order valence-electron chi connectivity index (χ4n) is 2.50. The van der Waals surface area contributed by atoms with Gasteiger partial charge in [-0.15, -0.1) is 0 Å². The maximum atomic E-state index is 13.0. The minimum Gasteiger partial charge on any atom is -0.396 e. The molecule has 2 atom stereocenters. The Morgan fingerprint density at radius 3 is 2.89 bits per heavy atom. The van der Waals surface area contributed by atoms with Crippen LogP contribution in [0.2, 0.25) is 0 Å².